The van der Waals surface area contributed by atoms with Crippen molar-refractivity contribution >= 4 is 0 Å². The smallest absolute Gasteiger partial charge is 0.0708 e. The van der Waals surface area contributed by atoms with E-state index in [1.807, 2.05) is 6.20 Å². The average Bonchev–Trinajstić information content (AvgIpc) is 2.82. The molecule has 0 radical (unpaired) electrons. The van der Waals surface area contributed by atoms with Crippen LogP contribution >= 0.6 is 0 Å². The van der Waals surface area contributed by atoms with E-state index in [0.717, 1.165) is 5.69 Å². The minimum Gasteiger partial charge on any atom is -0.256 e. The van der Waals surface area contributed by atoms with Gasteiger partial charge >= 0.3 is 0 Å². The molecule has 0 bridgehead atoms. The Morgan fingerprint density at radius 2 is 1.35 bits per heavy atom. The van der Waals surface area contributed by atoms with Crippen LogP contribution in [0.2, 0.25) is 0 Å². The molecule has 0 amide bonds. The number of benzene rings is 3. The Bertz CT molecular complexity index is 1370. The van der Waals surface area contributed by atoms with Crippen LogP contribution in [0.3, 0.4) is 0 Å². The first kappa shape index (κ1) is 22.6. The SMILES string of the molecule is CC(C)(C)c1ccnc(-c2cccc3c2C(C)(C)c2ccc(-c4ccccc4)cc2C3(C)C)c1. The lowest BCUT2D eigenvalue weighted by Gasteiger charge is -2.45. The van der Waals surface area contributed by atoms with Crippen molar-refractivity contribution in [1.29, 1.82) is 0 Å². The summed E-state index contributed by atoms with van der Waals surface area (Å²) in [7, 11) is 0. The molecule has 0 aliphatic heterocycles. The van der Waals surface area contributed by atoms with Crippen LogP contribution in [0.1, 0.15) is 76.3 Å². The van der Waals surface area contributed by atoms with Crippen molar-refractivity contribution in [3.63, 3.8) is 0 Å². The summed E-state index contributed by atoms with van der Waals surface area (Å²) >= 11 is 0. The van der Waals surface area contributed by atoms with Gasteiger partial charge in [0, 0.05) is 22.6 Å². The fourth-order valence-electron chi connectivity index (χ4n) is 5.70. The second-order valence-electron chi connectivity index (χ2n) is 11.8. The molecular weight excluding hydrogens is 410 g/mol. The maximum Gasteiger partial charge on any atom is 0.0708 e. The molecule has 1 aliphatic rings. The summed E-state index contributed by atoms with van der Waals surface area (Å²) in [5.74, 6) is 0. The van der Waals surface area contributed by atoms with Gasteiger partial charge in [-0.05, 0) is 62.6 Å². The third-order valence-electron chi connectivity index (χ3n) is 7.74. The predicted molar refractivity (Wildman–Crippen MR) is 145 cm³/mol. The van der Waals surface area contributed by atoms with E-state index in [4.69, 9.17) is 4.98 Å². The lowest BCUT2D eigenvalue weighted by Crippen LogP contribution is -2.37. The zero-order valence-electron chi connectivity index (χ0n) is 21.5. The molecule has 4 aromatic rings. The minimum atomic E-state index is -0.134. The van der Waals surface area contributed by atoms with Gasteiger partial charge in [-0.1, -0.05) is 109 Å². The molecule has 0 N–H and O–H groups in total. The molecule has 1 nitrogen and oxygen atoms in total. The van der Waals surface area contributed by atoms with Gasteiger partial charge in [0.05, 0.1) is 5.69 Å². The fourth-order valence-corrected chi connectivity index (χ4v) is 5.70. The highest BCUT2D eigenvalue weighted by atomic mass is 14.7. The Hall–Kier alpha value is -3.19. The van der Waals surface area contributed by atoms with Gasteiger partial charge in [0.25, 0.3) is 0 Å². The Labute approximate surface area is 204 Å². The summed E-state index contributed by atoms with van der Waals surface area (Å²) < 4.78 is 0. The third kappa shape index (κ3) is 3.50. The molecule has 3 aromatic carbocycles. The highest BCUT2D eigenvalue weighted by Gasteiger charge is 2.43. The topological polar surface area (TPSA) is 12.9 Å². The van der Waals surface area contributed by atoms with Crippen LogP contribution in [0.15, 0.2) is 85.1 Å². The van der Waals surface area contributed by atoms with Crippen molar-refractivity contribution in [2.45, 2.75) is 64.7 Å². The quantitative estimate of drug-likeness (QED) is 0.301. The summed E-state index contributed by atoms with van der Waals surface area (Å²) in [4.78, 5) is 4.85. The number of rotatable bonds is 2. The van der Waals surface area contributed by atoms with Crippen molar-refractivity contribution in [2.24, 2.45) is 0 Å². The Morgan fingerprint density at radius 1 is 0.618 bits per heavy atom. The van der Waals surface area contributed by atoms with Crippen molar-refractivity contribution in [3.8, 4) is 22.4 Å². The fraction of sp³-hybridized carbons (Fsp3) is 0.303. The van der Waals surface area contributed by atoms with Gasteiger partial charge in [0.2, 0.25) is 0 Å². The largest absolute Gasteiger partial charge is 0.256 e. The second-order valence-corrected chi connectivity index (χ2v) is 11.8. The molecule has 1 heteroatoms. The van der Waals surface area contributed by atoms with E-state index >= 15 is 0 Å². The third-order valence-corrected chi connectivity index (χ3v) is 7.74. The van der Waals surface area contributed by atoms with E-state index in [9.17, 15) is 0 Å². The van der Waals surface area contributed by atoms with Gasteiger partial charge < -0.3 is 0 Å². The van der Waals surface area contributed by atoms with Crippen LogP contribution in [0.4, 0.5) is 0 Å². The molecule has 5 rings (SSSR count). The van der Waals surface area contributed by atoms with Crippen LogP contribution < -0.4 is 0 Å². The zero-order chi connectivity index (χ0) is 24.3. The highest BCUT2D eigenvalue weighted by molar-refractivity contribution is 5.75. The molecule has 1 aliphatic carbocycles. The molecule has 0 spiro atoms. The summed E-state index contributed by atoms with van der Waals surface area (Å²) in [6.07, 6.45) is 1.97. The predicted octanol–water partition coefficient (Wildman–Crippen LogP) is 8.68. The van der Waals surface area contributed by atoms with Crippen LogP contribution in [-0.2, 0) is 16.2 Å². The monoisotopic (exact) mass is 445 g/mol. The Balaban J connectivity index is 1.73. The van der Waals surface area contributed by atoms with Gasteiger partial charge in [-0.15, -0.1) is 0 Å². The zero-order valence-corrected chi connectivity index (χ0v) is 21.5. The molecule has 1 heterocycles. The molecule has 0 saturated heterocycles. The van der Waals surface area contributed by atoms with E-state index < -0.39 is 0 Å². The first-order valence-corrected chi connectivity index (χ1v) is 12.3. The molecular formula is C33H35N. The molecule has 0 saturated carbocycles. The number of nitrogens with zero attached hydrogens (tertiary/aromatic N) is 1. The molecule has 0 fully saturated rings. The van der Waals surface area contributed by atoms with Gasteiger partial charge in [0.1, 0.15) is 0 Å². The van der Waals surface area contributed by atoms with Crippen molar-refractivity contribution in [1.82, 2.24) is 4.98 Å². The lowest BCUT2D eigenvalue weighted by atomic mass is 9.58. The summed E-state index contributed by atoms with van der Waals surface area (Å²) in [6.45, 7) is 16.3. The summed E-state index contributed by atoms with van der Waals surface area (Å²) in [6, 6.07) is 29.0. The van der Waals surface area contributed by atoms with E-state index in [1.54, 1.807) is 0 Å². The van der Waals surface area contributed by atoms with E-state index in [0.29, 0.717) is 0 Å². The number of hydrogen-bond acceptors (Lipinski definition) is 1. The Kier molecular flexibility index (Phi) is 5.09. The lowest BCUT2D eigenvalue weighted by molar-refractivity contribution is 0.522. The van der Waals surface area contributed by atoms with Crippen LogP contribution in [0.5, 0.6) is 0 Å². The number of aromatic nitrogens is 1. The van der Waals surface area contributed by atoms with E-state index in [1.165, 1.54) is 44.5 Å². The van der Waals surface area contributed by atoms with Crippen LogP contribution in [0, 0.1) is 0 Å². The maximum atomic E-state index is 4.85. The normalized spacial score (nSPS) is 16.0. The maximum absolute atomic E-state index is 4.85. The van der Waals surface area contributed by atoms with Gasteiger partial charge in [-0.3, -0.25) is 4.98 Å². The number of pyridine rings is 1. The standard InChI is InChI=1S/C33H35N/c1-31(2,3)24-18-19-34-29(21-24)25-14-11-15-27-30(25)33(6,7)26-17-16-23(20-28(26)32(27,4)5)22-12-9-8-10-13-22/h8-21H,1-7H3. The average molecular weight is 446 g/mol. The highest BCUT2D eigenvalue weighted by Crippen LogP contribution is 2.53. The first-order chi connectivity index (χ1) is 16.0. The summed E-state index contributed by atoms with van der Waals surface area (Å²) in [5, 5.41) is 0. The van der Waals surface area contributed by atoms with Gasteiger partial charge in [-0.2, -0.15) is 0 Å². The van der Waals surface area contributed by atoms with Gasteiger partial charge in [-0.25, -0.2) is 0 Å². The van der Waals surface area contributed by atoms with Gasteiger partial charge in [0.15, 0.2) is 0 Å². The molecule has 1 aromatic heterocycles. The molecule has 34 heavy (non-hydrogen) atoms. The number of hydrogen-bond donors (Lipinski definition) is 0. The van der Waals surface area contributed by atoms with Crippen molar-refractivity contribution in [2.75, 3.05) is 0 Å². The molecule has 0 atom stereocenters. The minimum absolute atomic E-state index is 0.0851. The molecule has 0 unspecified atom stereocenters. The number of fused-ring (bicyclic) bond motifs is 2. The van der Waals surface area contributed by atoms with E-state index in [2.05, 4.69) is 127 Å². The van der Waals surface area contributed by atoms with E-state index in [-0.39, 0.29) is 16.2 Å². The van der Waals surface area contributed by atoms with Crippen molar-refractivity contribution < 1.29 is 0 Å². The van der Waals surface area contributed by atoms with Crippen LogP contribution in [0.25, 0.3) is 22.4 Å². The molecule has 172 valence electrons. The second kappa shape index (κ2) is 7.67. The van der Waals surface area contributed by atoms with Crippen LogP contribution in [-0.4, -0.2) is 4.98 Å². The summed E-state index contributed by atoms with van der Waals surface area (Å²) in [5.41, 5.74) is 11.6. The van der Waals surface area contributed by atoms with Crippen molar-refractivity contribution in [3.05, 3.63) is 113 Å². The Morgan fingerprint density at radius 3 is 2.06 bits per heavy atom. The first-order valence-electron chi connectivity index (χ1n) is 12.3.